The number of nitrogens with two attached hydrogens (primary N) is 1. The average Bonchev–Trinajstić information content (AvgIpc) is 2.96. The molecule has 0 spiro atoms. The summed E-state index contributed by atoms with van der Waals surface area (Å²) < 4.78 is 13.6. The number of hydrogen-bond donors (Lipinski definition) is 3. The van der Waals surface area contributed by atoms with E-state index < -0.39 is 0 Å². The predicted molar refractivity (Wildman–Crippen MR) is 134 cm³/mol. The third kappa shape index (κ3) is 5.33. The van der Waals surface area contributed by atoms with Gasteiger partial charge in [0.25, 0.3) is 0 Å². The van der Waals surface area contributed by atoms with Crippen LogP contribution in [0.25, 0.3) is 0 Å². The largest absolute Gasteiger partial charge is 0.493 e. The maximum Gasteiger partial charge on any atom is 0.149 e. The van der Waals surface area contributed by atoms with Crippen LogP contribution in [0.1, 0.15) is 51.7 Å². The summed E-state index contributed by atoms with van der Waals surface area (Å²) in [6, 6.07) is 9.12. The van der Waals surface area contributed by atoms with Crippen molar-refractivity contribution in [1.29, 1.82) is 10.8 Å². The van der Waals surface area contributed by atoms with Crippen molar-refractivity contribution in [3.05, 3.63) is 46.5 Å². The summed E-state index contributed by atoms with van der Waals surface area (Å²) in [6.45, 7) is 9.51. The number of benzene rings is 2. The van der Waals surface area contributed by atoms with E-state index >= 15 is 0 Å². The number of para-hydroxylation sites is 1. The Bertz CT molecular complexity index is 1010. The van der Waals surface area contributed by atoms with E-state index in [1.165, 1.54) is 16.3 Å². The summed E-state index contributed by atoms with van der Waals surface area (Å²) >= 11 is 7.83. The summed E-state index contributed by atoms with van der Waals surface area (Å²) in [4.78, 5) is 0.769. The Hall–Kier alpha value is -2.38. The smallest absolute Gasteiger partial charge is 0.149 e. The first-order chi connectivity index (χ1) is 15.2. The van der Waals surface area contributed by atoms with Gasteiger partial charge in [0.2, 0.25) is 0 Å². The molecule has 6 nitrogen and oxygen atoms in total. The molecule has 172 valence electrons. The van der Waals surface area contributed by atoms with E-state index in [-0.39, 0.29) is 11.7 Å². The number of fused-ring (bicyclic) bond motifs is 1. The minimum Gasteiger partial charge on any atom is -0.493 e. The van der Waals surface area contributed by atoms with Crippen molar-refractivity contribution in [2.45, 2.75) is 45.4 Å². The number of nitrogen functional groups attached to an aromatic ring is 1. The van der Waals surface area contributed by atoms with Gasteiger partial charge in [-0.3, -0.25) is 10.8 Å². The van der Waals surface area contributed by atoms with Crippen molar-refractivity contribution < 1.29 is 9.47 Å². The van der Waals surface area contributed by atoms with Crippen molar-refractivity contribution in [2.75, 3.05) is 18.9 Å². The van der Waals surface area contributed by atoms with E-state index in [0.717, 1.165) is 17.7 Å². The second kappa shape index (κ2) is 10.5. The van der Waals surface area contributed by atoms with Gasteiger partial charge in [0.05, 0.1) is 34.3 Å². The Morgan fingerprint density at radius 3 is 2.19 bits per heavy atom. The molecule has 0 fully saturated rings. The highest BCUT2D eigenvalue weighted by Gasteiger charge is 2.38. The Morgan fingerprint density at radius 1 is 0.969 bits per heavy atom. The summed E-state index contributed by atoms with van der Waals surface area (Å²) in [5, 5.41) is 18.1. The number of nitrogens with one attached hydrogen (secondary N) is 2. The molecule has 0 unspecified atom stereocenters. The third-order valence-electron chi connectivity index (χ3n) is 5.08. The van der Waals surface area contributed by atoms with Gasteiger partial charge >= 0.3 is 0 Å². The standard InChI is InChI=1S/C24H31ClN4O2S/c1-14(2)9-11-30-18-13-16(25)22(31-12-10-15(3)4)21-20(18)23(27)29(24(21)28)32-19-8-6-5-7-17(19)26/h5-8,13-15,27-28H,9-12,26H2,1-4H3. The molecule has 0 radical (unpaired) electrons. The lowest BCUT2D eigenvalue weighted by atomic mass is 10.1. The fourth-order valence-corrected chi connectivity index (χ4v) is 4.32. The van der Waals surface area contributed by atoms with Gasteiger partial charge in [-0.15, -0.1) is 0 Å². The maximum absolute atomic E-state index is 8.87. The fourth-order valence-electron chi connectivity index (χ4n) is 3.19. The number of ether oxygens (including phenoxy) is 2. The van der Waals surface area contributed by atoms with Crippen molar-refractivity contribution in [3.63, 3.8) is 0 Å². The molecule has 2 aromatic carbocycles. The van der Waals surface area contributed by atoms with Crippen LogP contribution in [0, 0.1) is 22.7 Å². The number of rotatable bonds is 10. The zero-order valence-electron chi connectivity index (χ0n) is 19.0. The van der Waals surface area contributed by atoms with E-state index in [0.29, 0.717) is 58.4 Å². The van der Waals surface area contributed by atoms with Crippen LogP contribution in [0.2, 0.25) is 5.02 Å². The highest BCUT2D eigenvalue weighted by atomic mass is 35.5. The van der Waals surface area contributed by atoms with E-state index in [2.05, 4.69) is 27.7 Å². The quantitative estimate of drug-likeness (QED) is 0.272. The molecule has 1 aliphatic heterocycles. The topological polar surface area (TPSA) is 95.4 Å². The molecule has 0 bridgehead atoms. The van der Waals surface area contributed by atoms with Crippen LogP contribution >= 0.6 is 23.5 Å². The normalized spacial score (nSPS) is 13.3. The molecule has 4 N–H and O–H groups in total. The van der Waals surface area contributed by atoms with Crippen molar-refractivity contribution in [1.82, 2.24) is 4.31 Å². The van der Waals surface area contributed by atoms with Gasteiger partial charge in [-0.25, -0.2) is 4.31 Å². The van der Waals surface area contributed by atoms with E-state index in [1.54, 1.807) is 12.1 Å². The van der Waals surface area contributed by atoms with Gasteiger partial charge in [0, 0.05) is 11.8 Å². The van der Waals surface area contributed by atoms with Crippen molar-refractivity contribution >= 4 is 40.9 Å². The van der Waals surface area contributed by atoms with Gasteiger partial charge in [0.15, 0.2) is 0 Å². The van der Waals surface area contributed by atoms with E-state index in [9.17, 15) is 0 Å². The van der Waals surface area contributed by atoms with E-state index in [1.807, 2.05) is 18.2 Å². The molecule has 8 heteroatoms. The highest BCUT2D eigenvalue weighted by molar-refractivity contribution is 7.98. The van der Waals surface area contributed by atoms with Crippen LogP contribution in [0.4, 0.5) is 5.69 Å². The third-order valence-corrected chi connectivity index (χ3v) is 6.48. The summed E-state index contributed by atoms with van der Waals surface area (Å²) in [7, 11) is 0. The molecule has 0 aliphatic carbocycles. The fraction of sp³-hybridized carbons (Fsp3) is 0.417. The molecular weight excluding hydrogens is 444 g/mol. The minimum atomic E-state index is 0.133. The Kier molecular flexibility index (Phi) is 7.96. The number of nitrogens with zero attached hydrogens (tertiary/aromatic N) is 1. The maximum atomic E-state index is 8.87. The number of amidine groups is 2. The van der Waals surface area contributed by atoms with Crippen LogP contribution < -0.4 is 15.2 Å². The molecule has 1 heterocycles. The molecule has 0 saturated carbocycles. The SMILES string of the molecule is CC(C)CCOc1cc(Cl)c(OCCC(C)C)c2c1C(=N)N(Sc1ccccc1N)C2=N. The second-order valence-corrected chi connectivity index (χ2v) is 10.0. The van der Waals surface area contributed by atoms with Crippen molar-refractivity contribution in [2.24, 2.45) is 11.8 Å². The molecular formula is C24H31ClN4O2S. The first kappa shape index (κ1) is 24.3. The van der Waals surface area contributed by atoms with Crippen LogP contribution in [-0.2, 0) is 0 Å². The van der Waals surface area contributed by atoms with Crippen LogP contribution in [0.5, 0.6) is 11.5 Å². The number of hydrogen-bond acceptors (Lipinski definition) is 6. The molecule has 2 aromatic rings. The van der Waals surface area contributed by atoms with Crippen molar-refractivity contribution in [3.8, 4) is 11.5 Å². The minimum absolute atomic E-state index is 0.133. The molecule has 0 aromatic heterocycles. The summed E-state index contributed by atoms with van der Waals surface area (Å²) in [5.41, 5.74) is 7.72. The van der Waals surface area contributed by atoms with Gasteiger partial charge in [0.1, 0.15) is 23.2 Å². The lowest BCUT2D eigenvalue weighted by Gasteiger charge is -2.17. The Morgan fingerprint density at radius 2 is 1.56 bits per heavy atom. The average molecular weight is 475 g/mol. The Balaban J connectivity index is 1.99. The molecule has 3 rings (SSSR count). The van der Waals surface area contributed by atoms with Crippen LogP contribution in [0.3, 0.4) is 0 Å². The first-order valence-electron chi connectivity index (χ1n) is 10.8. The predicted octanol–water partition coefficient (Wildman–Crippen LogP) is 6.45. The molecule has 32 heavy (non-hydrogen) atoms. The Labute approximate surface area is 199 Å². The van der Waals surface area contributed by atoms with Crippen LogP contribution in [-0.4, -0.2) is 29.2 Å². The second-order valence-electron chi connectivity index (χ2n) is 8.62. The van der Waals surface area contributed by atoms with Gasteiger partial charge in [-0.05, 0) is 48.8 Å². The van der Waals surface area contributed by atoms with Gasteiger partial charge in [-0.1, -0.05) is 51.4 Å². The van der Waals surface area contributed by atoms with Gasteiger partial charge < -0.3 is 15.2 Å². The molecule has 0 atom stereocenters. The summed E-state index contributed by atoms with van der Waals surface area (Å²) in [6.07, 6.45) is 1.74. The zero-order chi connectivity index (χ0) is 23.4. The van der Waals surface area contributed by atoms with Crippen LogP contribution in [0.15, 0.2) is 35.2 Å². The van der Waals surface area contributed by atoms with Gasteiger partial charge in [-0.2, -0.15) is 0 Å². The highest BCUT2D eigenvalue weighted by Crippen LogP contribution is 2.45. The lowest BCUT2D eigenvalue weighted by molar-refractivity contribution is 0.281. The lowest BCUT2D eigenvalue weighted by Crippen LogP contribution is -2.22. The molecule has 0 amide bonds. The molecule has 0 saturated heterocycles. The first-order valence-corrected chi connectivity index (χ1v) is 12.0. The van der Waals surface area contributed by atoms with E-state index in [4.69, 9.17) is 37.6 Å². The monoisotopic (exact) mass is 474 g/mol. The number of halogens is 1. The molecule has 1 aliphatic rings. The number of anilines is 1. The summed E-state index contributed by atoms with van der Waals surface area (Å²) in [5.74, 6) is 2.18. The zero-order valence-corrected chi connectivity index (χ0v) is 20.6.